The van der Waals surface area contributed by atoms with E-state index < -0.39 is 11.6 Å². The first-order chi connectivity index (χ1) is 16.0. The summed E-state index contributed by atoms with van der Waals surface area (Å²) in [6.07, 6.45) is 4.30. The third-order valence-electron chi connectivity index (χ3n) is 5.72. The first kappa shape index (κ1) is 22.5. The highest BCUT2D eigenvalue weighted by atomic mass is 19.1. The predicted molar refractivity (Wildman–Crippen MR) is 127 cm³/mol. The van der Waals surface area contributed by atoms with Crippen molar-refractivity contribution in [2.75, 3.05) is 36.0 Å². The van der Waals surface area contributed by atoms with Gasteiger partial charge in [-0.05, 0) is 61.0 Å². The van der Waals surface area contributed by atoms with Crippen LogP contribution in [-0.2, 0) is 4.79 Å². The van der Waals surface area contributed by atoms with Crippen molar-refractivity contribution in [1.82, 2.24) is 10.3 Å². The van der Waals surface area contributed by atoms with Gasteiger partial charge in [0.15, 0.2) is 0 Å². The molecule has 0 bridgehead atoms. The fourth-order valence-electron chi connectivity index (χ4n) is 3.88. The highest BCUT2D eigenvalue weighted by Gasteiger charge is 2.19. The average Bonchev–Trinajstić information content (AvgIpc) is 2.85. The van der Waals surface area contributed by atoms with E-state index in [2.05, 4.69) is 32.2 Å². The second-order valence-corrected chi connectivity index (χ2v) is 7.99. The summed E-state index contributed by atoms with van der Waals surface area (Å²) in [6, 6.07) is 16.9. The molecule has 0 spiro atoms. The van der Waals surface area contributed by atoms with Crippen molar-refractivity contribution in [1.29, 1.82) is 0 Å². The monoisotopic (exact) mass is 448 g/mol. The molecule has 3 aromatic rings. The third-order valence-corrected chi connectivity index (χ3v) is 5.72. The zero-order chi connectivity index (χ0) is 23.2. The lowest BCUT2D eigenvalue weighted by atomic mass is 10.1. The molecule has 2 heterocycles. The minimum absolute atomic E-state index is 0.0321. The quantitative estimate of drug-likeness (QED) is 0.561. The Hall–Kier alpha value is -3.74. The lowest BCUT2D eigenvalue weighted by Gasteiger charge is -2.37. The molecular weight excluding hydrogens is 422 g/mol. The fourth-order valence-corrected chi connectivity index (χ4v) is 3.88. The highest BCUT2D eigenvalue weighted by Crippen LogP contribution is 2.23. The van der Waals surface area contributed by atoms with Crippen LogP contribution < -0.4 is 15.1 Å². The number of carbonyl (C=O) groups is 1. The average molecular weight is 449 g/mol. The van der Waals surface area contributed by atoms with Gasteiger partial charge in [-0.15, -0.1) is 0 Å². The molecule has 1 saturated heterocycles. The first-order valence-corrected chi connectivity index (χ1v) is 10.9. The van der Waals surface area contributed by atoms with Crippen molar-refractivity contribution in [3.8, 4) is 0 Å². The molecule has 4 rings (SSSR count). The van der Waals surface area contributed by atoms with E-state index >= 15 is 0 Å². The normalized spacial score (nSPS) is 15.0. The lowest BCUT2D eigenvalue weighted by Crippen LogP contribution is -2.46. The van der Waals surface area contributed by atoms with Gasteiger partial charge < -0.3 is 15.1 Å². The maximum atomic E-state index is 13.7. The van der Waals surface area contributed by atoms with E-state index in [9.17, 15) is 13.6 Å². The fraction of sp³-hybridized carbons (Fsp3) is 0.231. The Bertz CT molecular complexity index is 1130. The largest absolute Gasteiger partial charge is 0.368 e. The summed E-state index contributed by atoms with van der Waals surface area (Å²) in [5, 5.41) is 2.88. The SMILES string of the molecule is C[C@H](NC(=O)C=Cc1cc(F)ccc1F)c1cccc(N2CCN(c3ccccn3)CC2)c1. The van der Waals surface area contributed by atoms with Gasteiger partial charge in [0.25, 0.3) is 0 Å². The maximum absolute atomic E-state index is 13.7. The number of anilines is 2. The molecule has 0 aliphatic carbocycles. The topological polar surface area (TPSA) is 48.5 Å². The zero-order valence-corrected chi connectivity index (χ0v) is 18.4. The van der Waals surface area contributed by atoms with Gasteiger partial charge in [-0.2, -0.15) is 0 Å². The zero-order valence-electron chi connectivity index (χ0n) is 18.4. The van der Waals surface area contributed by atoms with Crippen LogP contribution in [0.4, 0.5) is 20.3 Å². The van der Waals surface area contributed by atoms with Crippen molar-refractivity contribution >= 4 is 23.5 Å². The first-order valence-electron chi connectivity index (χ1n) is 10.9. The molecule has 7 heteroatoms. The van der Waals surface area contributed by atoms with Crippen molar-refractivity contribution in [2.45, 2.75) is 13.0 Å². The van der Waals surface area contributed by atoms with Crippen LogP contribution in [0.2, 0.25) is 0 Å². The minimum atomic E-state index is -0.579. The van der Waals surface area contributed by atoms with Crippen LogP contribution in [0.15, 0.2) is 72.9 Å². The summed E-state index contributed by atoms with van der Waals surface area (Å²) in [5.74, 6) is -0.513. The molecule has 1 amide bonds. The van der Waals surface area contributed by atoms with Gasteiger partial charge in [-0.1, -0.05) is 18.2 Å². The molecule has 0 unspecified atom stereocenters. The van der Waals surface area contributed by atoms with E-state index in [4.69, 9.17) is 0 Å². The Labute approximate surface area is 192 Å². The number of hydrogen-bond acceptors (Lipinski definition) is 4. The van der Waals surface area contributed by atoms with Crippen LogP contribution in [0.5, 0.6) is 0 Å². The third kappa shape index (κ3) is 5.74. The number of rotatable bonds is 6. The standard InChI is InChI=1S/C26H26F2N4O/c1-19(30-26(33)11-8-21-17-22(27)9-10-24(21)28)20-5-4-6-23(18-20)31-13-15-32(16-14-31)25-7-2-3-12-29-25/h2-12,17-19H,13-16H2,1H3,(H,30,33)/t19-/m0/s1. The Morgan fingerprint density at radius 3 is 2.55 bits per heavy atom. The number of halogens is 2. The summed E-state index contributed by atoms with van der Waals surface area (Å²) in [6.45, 7) is 5.42. The summed E-state index contributed by atoms with van der Waals surface area (Å²) < 4.78 is 27.0. The summed E-state index contributed by atoms with van der Waals surface area (Å²) >= 11 is 0. The number of pyridine rings is 1. The van der Waals surface area contributed by atoms with Crippen molar-refractivity contribution in [3.05, 3.63) is 95.7 Å². The Balaban J connectivity index is 1.36. The van der Waals surface area contributed by atoms with Crippen LogP contribution in [-0.4, -0.2) is 37.1 Å². The maximum Gasteiger partial charge on any atom is 0.244 e. The van der Waals surface area contributed by atoms with Crippen molar-refractivity contribution in [2.24, 2.45) is 0 Å². The molecule has 5 nitrogen and oxygen atoms in total. The second-order valence-electron chi connectivity index (χ2n) is 7.99. The second kappa shape index (κ2) is 10.3. The number of benzene rings is 2. The molecule has 1 aliphatic rings. The number of nitrogens with zero attached hydrogens (tertiary/aromatic N) is 3. The van der Waals surface area contributed by atoms with Crippen molar-refractivity contribution < 1.29 is 13.6 Å². The highest BCUT2D eigenvalue weighted by molar-refractivity contribution is 5.92. The van der Waals surface area contributed by atoms with E-state index in [1.807, 2.05) is 43.5 Å². The summed E-state index contributed by atoms with van der Waals surface area (Å²) in [4.78, 5) is 21.3. The number of amides is 1. The number of carbonyl (C=O) groups excluding carboxylic acids is 1. The van der Waals surface area contributed by atoms with Crippen LogP contribution in [0.25, 0.3) is 6.08 Å². The van der Waals surface area contributed by atoms with Crippen LogP contribution in [0.3, 0.4) is 0 Å². The number of hydrogen-bond donors (Lipinski definition) is 1. The van der Waals surface area contributed by atoms with Crippen LogP contribution in [0, 0.1) is 11.6 Å². The van der Waals surface area contributed by atoms with E-state index in [1.165, 1.54) is 12.2 Å². The number of piperazine rings is 1. The van der Waals surface area contributed by atoms with Gasteiger partial charge in [0.1, 0.15) is 17.5 Å². The molecule has 1 aliphatic heterocycles. The van der Waals surface area contributed by atoms with E-state index in [-0.39, 0.29) is 17.5 Å². The molecule has 2 aromatic carbocycles. The molecular formula is C26H26F2N4O. The van der Waals surface area contributed by atoms with Gasteiger partial charge in [-0.25, -0.2) is 13.8 Å². The van der Waals surface area contributed by atoms with Crippen molar-refractivity contribution in [3.63, 3.8) is 0 Å². The number of nitrogens with one attached hydrogen (secondary N) is 1. The van der Waals surface area contributed by atoms with Gasteiger partial charge in [0.2, 0.25) is 5.91 Å². The lowest BCUT2D eigenvalue weighted by molar-refractivity contribution is -0.117. The molecule has 1 aromatic heterocycles. The van der Waals surface area contributed by atoms with E-state index in [0.717, 1.165) is 61.4 Å². The molecule has 1 atom stereocenters. The molecule has 0 radical (unpaired) electrons. The molecule has 1 N–H and O–H groups in total. The van der Waals surface area contributed by atoms with Gasteiger partial charge >= 0.3 is 0 Å². The minimum Gasteiger partial charge on any atom is -0.368 e. The van der Waals surface area contributed by atoms with Gasteiger partial charge in [0.05, 0.1) is 6.04 Å². The smallest absolute Gasteiger partial charge is 0.244 e. The number of aromatic nitrogens is 1. The van der Waals surface area contributed by atoms with Gasteiger partial charge in [0, 0.05) is 49.7 Å². The van der Waals surface area contributed by atoms with Gasteiger partial charge in [-0.3, -0.25) is 4.79 Å². The summed E-state index contributed by atoms with van der Waals surface area (Å²) in [7, 11) is 0. The predicted octanol–water partition coefficient (Wildman–Crippen LogP) is 4.58. The molecule has 33 heavy (non-hydrogen) atoms. The van der Waals surface area contributed by atoms with E-state index in [0.29, 0.717) is 0 Å². The Morgan fingerprint density at radius 1 is 1.00 bits per heavy atom. The van der Waals surface area contributed by atoms with Crippen LogP contribution >= 0.6 is 0 Å². The molecule has 1 fully saturated rings. The van der Waals surface area contributed by atoms with E-state index in [1.54, 1.807) is 0 Å². The molecule has 170 valence electrons. The Morgan fingerprint density at radius 2 is 1.79 bits per heavy atom. The molecule has 0 saturated carbocycles. The summed E-state index contributed by atoms with van der Waals surface area (Å²) in [5.41, 5.74) is 2.11. The Kier molecular flexibility index (Phi) is 6.98. The van der Waals surface area contributed by atoms with Crippen LogP contribution in [0.1, 0.15) is 24.1 Å².